The molecule has 2 aromatic heterocycles. The van der Waals surface area contributed by atoms with Crippen LogP contribution in [-0.4, -0.2) is 37.0 Å². The van der Waals surface area contributed by atoms with Gasteiger partial charge in [0, 0.05) is 16.7 Å². The quantitative estimate of drug-likeness (QED) is 0.471. The Morgan fingerprint density at radius 3 is 2.47 bits per heavy atom. The van der Waals surface area contributed by atoms with E-state index in [2.05, 4.69) is 18.8 Å². The van der Waals surface area contributed by atoms with Gasteiger partial charge in [-0.15, -0.1) is 11.8 Å². The van der Waals surface area contributed by atoms with Gasteiger partial charge in [-0.25, -0.2) is 4.98 Å². The minimum Gasteiger partial charge on any atom is -0.396 e. The van der Waals surface area contributed by atoms with E-state index in [1.165, 1.54) is 5.56 Å². The molecule has 0 aliphatic heterocycles. The summed E-state index contributed by atoms with van der Waals surface area (Å²) >= 11 is 1.58. The zero-order valence-corrected chi connectivity index (χ0v) is 18.1. The van der Waals surface area contributed by atoms with E-state index in [1.54, 1.807) is 16.3 Å². The van der Waals surface area contributed by atoms with Crippen LogP contribution < -0.4 is 5.56 Å². The van der Waals surface area contributed by atoms with Crippen molar-refractivity contribution in [3.63, 3.8) is 0 Å². The minimum absolute atomic E-state index is 0.0303. The molecule has 154 valence electrons. The van der Waals surface area contributed by atoms with Crippen molar-refractivity contribution in [2.24, 2.45) is 0 Å². The maximum absolute atomic E-state index is 12.9. The molecule has 7 heteroatoms. The third-order valence-corrected chi connectivity index (χ3v) is 6.21. The molecule has 4 rings (SSSR count). The van der Waals surface area contributed by atoms with E-state index in [-0.39, 0.29) is 17.4 Å². The van der Waals surface area contributed by atoms with Gasteiger partial charge in [-0.05, 0) is 30.5 Å². The highest BCUT2D eigenvalue weighted by atomic mass is 32.2. The summed E-state index contributed by atoms with van der Waals surface area (Å²) in [6, 6.07) is 15.5. The highest BCUT2D eigenvalue weighted by Gasteiger charge is 2.18. The van der Waals surface area contributed by atoms with Gasteiger partial charge in [0.15, 0.2) is 11.3 Å². The molecule has 0 radical (unpaired) electrons. The van der Waals surface area contributed by atoms with Crippen LogP contribution in [0.4, 0.5) is 0 Å². The molecule has 0 fully saturated rings. The predicted octanol–water partition coefficient (Wildman–Crippen LogP) is 4.21. The molecule has 0 saturated heterocycles. The molecule has 1 atom stereocenters. The first-order valence-electron chi connectivity index (χ1n) is 10.0. The lowest BCUT2D eigenvalue weighted by Crippen LogP contribution is -2.19. The summed E-state index contributed by atoms with van der Waals surface area (Å²) in [7, 11) is 0. The van der Waals surface area contributed by atoms with Crippen LogP contribution in [0.3, 0.4) is 0 Å². The van der Waals surface area contributed by atoms with Gasteiger partial charge in [-0.2, -0.15) is 14.6 Å². The number of hydrogen-bond donors (Lipinski definition) is 1. The monoisotopic (exact) mass is 420 g/mol. The molecule has 0 saturated carbocycles. The fourth-order valence-electron chi connectivity index (χ4n) is 3.43. The summed E-state index contributed by atoms with van der Waals surface area (Å²) in [6.45, 7) is 6.38. The number of fused-ring (bicyclic) bond motifs is 3. The van der Waals surface area contributed by atoms with Crippen molar-refractivity contribution in [3.05, 3.63) is 70.3 Å². The standard InChI is InChI=1S/C23H24N4O2S/c1-14(2)16-8-10-17(11-9-16)20-23(29)25-22-18-6-4-5-7-19(18)24-21(27(22)26-20)15(3)30-13-12-28/h4-11,14-15,28H,12-13H2,1-3H3/t15-/m0/s1. The van der Waals surface area contributed by atoms with E-state index in [1.807, 2.05) is 55.5 Å². The molecular formula is C23H24N4O2S. The lowest BCUT2D eigenvalue weighted by molar-refractivity contribution is 0.322. The molecule has 0 amide bonds. The average Bonchev–Trinajstić information content (AvgIpc) is 2.76. The fraction of sp³-hybridized carbons (Fsp3) is 0.304. The zero-order chi connectivity index (χ0) is 21.3. The van der Waals surface area contributed by atoms with Gasteiger partial charge in [0.1, 0.15) is 5.82 Å². The first-order valence-corrected chi connectivity index (χ1v) is 11.1. The molecule has 30 heavy (non-hydrogen) atoms. The Bertz CT molecular complexity index is 1250. The van der Waals surface area contributed by atoms with Crippen LogP contribution in [0.1, 0.15) is 43.3 Å². The Balaban J connectivity index is 1.95. The lowest BCUT2D eigenvalue weighted by atomic mass is 10.0. The summed E-state index contributed by atoms with van der Waals surface area (Å²) < 4.78 is 1.68. The van der Waals surface area contributed by atoms with E-state index in [9.17, 15) is 9.90 Å². The maximum Gasteiger partial charge on any atom is 0.300 e. The second-order valence-corrected chi connectivity index (χ2v) is 8.95. The van der Waals surface area contributed by atoms with Crippen molar-refractivity contribution >= 4 is 28.3 Å². The highest BCUT2D eigenvalue weighted by molar-refractivity contribution is 7.99. The zero-order valence-electron chi connectivity index (χ0n) is 17.2. The number of aliphatic hydroxyl groups excluding tert-OH is 1. The molecule has 0 spiro atoms. The van der Waals surface area contributed by atoms with E-state index in [0.29, 0.717) is 28.8 Å². The SMILES string of the molecule is CC(C)c1ccc(-c2nn3c([C@H](C)SCCO)nc4ccccc4c3nc2=O)cc1. The Morgan fingerprint density at radius 2 is 1.77 bits per heavy atom. The molecular weight excluding hydrogens is 396 g/mol. The average molecular weight is 421 g/mol. The second kappa shape index (κ2) is 8.53. The summed E-state index contributed by atoms with van der Waals surface area (Å²) in [5.41, 5.74) is 3.16. The number of nitrogens with zero attached hydrogens (tertiary/aromatic N) is 4. The van der Waals surface area contributed by atoms with Crippen molar-refractivity contribution in [3.8, 4) is 11.3 Å². The number of benzene rings is 2. The largest absolute Gasteiger partial charge is 0.396 e. The topological polar surface area (TPSA) is 80.4 Å². The third kappa shape index (κ3) is 3.82. The molecule has 1 N–H and O–H groups in total. The normalized spacial score (nSPS) is 12.7. The van der Waals surface area contributed by atoms with Crippen molar-refractivity contribution in [1.82, 2.24) is 19.6 Å². The van der Waals surface area contributed by atoms with Gasteiger partial charge in [-0.3, -0.25) is 4.79 Å². The van der Waals surface area contributed by atoms with Crippen molar-refractivity contribution in [2.75, 3.05) is 12.4 Å². The van der Waals surface area contributed by atoms with Crippen molar-refractivity contribution < 1.29 is 5.11 Å². The van der Waals surface area contributed by atoms with Crippen LogP contribution >= 0.6 is 11.8 Å². The van der Waals surface area contributed by atoms with Gasteiger partial charge in [0.25, 0.3) is 5.56 Å². The van der Waals surface area contributed by atoms with E-state index >= 15 is 0 Å². The van der Waals surface area contributed by atoms with Crippen LogP contribution in [0, 0.1) is 0 Å². The summed E-state index contributed by atoms with van der Waals surface area (Å²) in [4.78, 5) is 22.1. The van der Waals surface area contributed by atoms with Gasteiger partial charge in [0.2, 0.25) is 0 Å². The number of rotatable bonds is 6. The molecule has 4 aromatic rings. The number of thioether (sulfide) groups is 1. The number of para-hydroxylation sites is 1. The van der Waals surface area contributed by atoms with Crippen LogP contribution in [0.15, 0.2) is 53.3 Å². The summed E-state index contributed by atoms with van der Waals surface area (Å²) in [5, 5.41) is 14.7. The lowest BCUT2D eigenvalue weighted by Gasteiger charge is -2.15. The smallest absolute Gasteiger partial charge is 0.300 e. The van der Waals surface area contributed by atoms with Gasteiger partial charge in [0.05, 0.1) is 17.4 Å². The molecule has 0 unspecified atom stereocenters. The van der Waals surface area contributed by atoms with Crippen molar-refractivity contribution in [2.45, 2.75) is 31.9 Å². The molecule has 0 aliphatic rings. The first kappa shape index (κ1) is 20.5. The third-order valence-electron chi connectivity index (χ3n) is 5.08. The Morgan fingerprint density at radius 1 is 1.03 bits per heavy atom. The Labute approximate surface area is 179 Å². The van der Waals surface area contributed by atoms with Gasteiger partial charge < -0.3 is 5.11 Å². The minimum atomic E-state index is -0.356. The maximum atomic E-state index is 12.9. The van der Waals surface area contributed by atoms with Gasteiger partial charge >= 0.3 is 0 Å². The van der Waals surface area contributed by atoms with Gasteiger partial charge in [-0.1, -0.05) is 50.2 Å². The number of aromatic nitrogens is 4. The molecule has 2 heterocycles. The highest BCUT2D eigenvalue weighted by Crippen LogP contribution is 2.29. The molecule has 6 nitrogen and oxygen atoms in total. The number of aliphatic hydroxyl groups is 1. The van der Waals surface area contributed by atoms with Crippen LogP contribution in [0.2, 0.25) is 0 Å². The van der Waals surface area contributed by atoms with Crippen LogP contribution in [-0.2, 0) is 0 Å². The first-order chi connectivity index (χ1) is 14.5. The van der Waals surface area contributed by atoms with E-state index in [4.69, 9.17) is 10.1 Å². The molecule has 0 bridgehead atoms. The summed E-state index contributed by atoms with van der Waals surface area (Å²) in [5.74, 6) is 1.71. The molecule has 2 aromatic carbocycles. The van der Waals surface area contributed by atoms with E-state index in [0.717, 1.165) is 16.5 Å². The number of hydrogen-bond acceptors (Lipinski definition) is 6. The molecule has 0 aliphatic carbocycles. The van der Waals surface area contributed by atoms with E-state index < -0.39 is 0 Å². The fourth-order valence-corrected chi connectivity index (χ4v) is 4.19. The predicted molar refractivity (Wildman–Crippen MR) is 122 cm³/mol. The van der Waals surface area contributed by atoms with Crippen LogP contribution in [0.25, 0.3) is 27.8 Å². The van der Waals surface area contributed by atoms with Crippen LogP contribution in [0.5, 0.6) is 0 Å². The summed E-state index contributed by atoms with van der Waals surface area (Å²) in [6.07, 6.45) is 0. The Kier molecular flexibility index (Phi) is 5.83. The Hall–Kier alpha value is -2.77. The second-order valence-electron chi connectivity index (χ2n) is 7.50. The van der Waals surface area contributed by atoms with Crippen molar-refractivity contribution in [1.29, 1.82) is 0 Å².